The molecule has 0 aliphatic rings. The van der Waals surface area contributed by atoms with Crippen molar-refractivity contribution >= 4 is 35.0 Å². The SMILES string of the molecule is COc1c(Cl)cc(Cl)cc1C[NH2+]CCSc1nnnn1C. The molecule has 0 fully saturated rings. The van der Waals surface area contributed by atoms with E-state index >= 15 is 0 Å². The van der Waals surface area contributed by atoms with Gasteiger partial charge in [0, 0.05) is 12.1 Å². The van der Waals surface area contributed by atoms with Crippen LogP contribution in [-0.2, 0) is 13.6 Å². The number of benzene rings is 1. The second-order valence-corrected chi connectivity index (χ2v) is 6.20. The summed E-state index contributed by atoms with van der Waals surface area (Å²) in [5.74, 6) is 1.59. The molecule has 0 saturated heterocycles. The Morgan fingerprint density at radius 1 is 1.38 bits per heavy atom. The highest BCUT2D eigenvalue weighted by Gasteiger charge is 2.11. The van der Waals surface area contributed by atoms with Gasteiger partial charge >= 0.3 is 0 Å². The number of quaternary nitrogens is 1. The molecule has 0 bridgehead atoms. The number of aryl methyl sites for hydroxylation is 1. The van der Waals surface area contributed by atoms with Crippen LogP contribution in [0, 0.1) is 0 Å². The average Bonchev–Trinajstić information content (AvgIpc) is 2.83. The third-order valence-electron chi connectivity index (χ3n) is 2.79. The first-order valence-corrected chi connectivity index (χ1v) is 8.04. The van der Waals surface area contributed by atoms with Gasteiger partial charge in [0.25, 0.3) is 0 Å². The zero-order valence-electron chi connectivity index (χ0n) is 11.7. The Labute approximate surface area is 137 Å². The van der Waals surface area contributed by atoms with Gasteiger partial charge in [-0.05, 0) is 22.6 Å². The summed E-state index contributed by atoms with van der Waals surface area (Å²) in [5.41, 5.74) is 0.986. The highest BCUT2D eigenvalue weighted by molar-refractivity contribution is 7.99. The van der Waals surface area contributed by atoms with E-state index in [0.717, 1.165) is 29.6 Å². The van der Waals surface area contributed by atoms with Crippen molar-refractivity contribution in [3.05, 3.63) is 27.7 Å². The fourth-order valence-electron chi connectivity index (χ4n) is 1.83. The predicted octanol–water partition coefficient (Wildman–Crippen LogP) is 1.38. The number of rotatable bonds is 7. The zero-order chi connectivity index (χ0) is 15.2. The van der Waals surface area contributed by atoms with Crippen LogP contribution in [-0.4, -0.2) is 39.6 Å². The van der Waals surface area contributed by atoms with Gasteiger partial charge in [-0.3, -0.25) is 0 Å². The summed E-state index contributed by atoms with van der Waals surface area (Å²) in [4.78, 5) is 0. The van der Waals surface area contributed by atoms with Crippen LogP contribution in [0.3, 0.4) is 0 Å². The smallest absolute Gasteiger partial charge is 0.209 e. The minimum Gasteiger partial charge on any atom is -0.495 e. The fraction of sp³-hybridized carbons (Fsp3) is 0.417. The third kappa shape index (κ3) is 4.47. The molecule has 2 rings (SSSR count). The molecule has 0 aliphatic heterocycles. The summed E-state index contributed by atoms with van der Waals surface area (Å²) >= 11 is 13.7. The molecule has 6 nitrogen and oxygen atoms in total. The Bertz CT molecular complexity index is 607. The molecular weight excluding hydrogens is 333 g/mol. The molecule has 9 heteroatoms. The molecule has 0 aliphatic carbocycles. The fourth-order valence-corrected chi connectivity index (χ4v) is 3.23. The lowest BCUT2D eigenvalue weighted by Gasteiger charge is -2.10. The molecule has 1 heterocycles. The van der Waals surface area contributed by atoms with Crippen molar-refractivity contribution in [2.75, 3.05) is 19.4 Å². The Balaban J connectivity index is 1.82. The number of tetrazole rings is 1. The number of hydrogen-bond acceptors (Lipinski definition) is 5. The molecule has 114 valence electrons. The molecule has 1 aromatic carbocycles. The van der Waals surface area contributed by atoms with E-state index in [1.807, 2.05) is 13.1 Å². The van der Waals surface area contributed by atoms with Crippen molar-refractivity contribution in [3.63, 3.8) is 0 Å². The van der Waals surface area contributed by atoms with Crippen LogP contribution in [0.1, 0.15) is 5.56 Å². The number of hydrogen-bond donors (Lipinski definition) is 1. The Hall–Kier alpha value is -1.02. The van der Waals surface area contributed by atoms with Crippen LogP contribution >= 0.6 is 35.0 Å². The molecule has 21 heavy (non-hydrogen) atoms. The second-order valence-electron chi connectivity index (χ2n) is 4.29. The Morgan fingerprint density at radius 2 is 2.19 bits per heavy atom. The lowest BCUT2D eigenvalue weighted by molar-refractivity contribution is -0.666. The van der Waals surface area contributed by atoms with E-state index < -0.39 is 0 Å². The molecular formula is C12H16Cl2N5OS+. The number of aromatic nitrogens is 4. The summed E-state index contributed by atoms with van der Waals surface area (Å²) in [6.45, 7) is 1.67. The predicted molar refractivity (Wildman–Crippen MR) is 83.0 cm³/mol. The van der Waals surface area contributed by atoms with E-state index in [9.17, 15) is 0 Å². The van der Waals surface area contributed by atoms with Gasteiger partial charge in [0.05, 0.1) is 30.0 Å². The number of methoxy groups -OCH3 is 1. The first-order chi connectivity index (χ1) is 10.1. The van der Waals surface area contributed by atoms with Crippen molar-refractivity contribution in [3.8, 4) is 5.75 Å². The lowest BCUT2D eigenvalue weighted by Crippen LogP contribution is -2.83. The molecule has 0 atom stereocenters. The highest BCUT2D eigenvalue weighted by atomic mass is 35.5. The van der Waals surface area contributed by atoms with Gasteiger partial charge in [-0.15, -0.1) is 5.10 Å². The minimum atomic E-state index is 0.535. The molecule has 0 radical (unpaired) electrons. The molecule has 0 unspecified atom stereocenters. The third-order valence-corrected chi connectivity index (χ3v) is 4.33. The number of thioether (sulfide) groups is 1. The maximum atomic E-state index is 6.11. The molecule has 0 saturated carbocycles. The Morgan fingerprint density at radius 3 is 2.86 bits per heavy atom. The molecule has 1 aromatic heterocycles. The van der Waals surface area contributed by atoms with Crippen molar-refractivity contribution in [1.29, 1.82) is 0 Å². The topological polar surface area (TPSA) is 69.4 Å². The van der Waals surface area contributed by atoms with Crippen molar-refractivity contribution in [2.24, 2.45) is 7.05 Å². The summed E-state index contributed by atoms with van der Waals surface area (Å²) in [6.07, 6.45) is 0. The number of nitrogens with zero attached hydrogens (tertiary/aromatic N) is 4. The first-order valence-electron chi connectivity index (χ1n) is 6.30. The average molecular weight is 349 g/mol. The molecule has 0 amide bonds. The zero-order valence-corrected chi connectivity index (χ0v) is 14.0. The summed E-state index contributed by atoms with van der Waals surface area (Å²) in [6, 6.07) is 3.56. The van der Waals surface area contributed by atoms with Gasteiger partial charge in [-0.1, -0.05) is 35.0 Å². The van der Waals surface area contributed by atoms with Gasteiger partial charge in [-0.2, -0.15) is 0 Å². The lowest BCUT2D eigenvalue weighted by atomic mass is 10.2. The van der Waals surface area contributed by atoms with Gasteiger partial charge in [0.2, 0.25) is 5.16 Å². The summed E-state index contributed by atoms with van der Waals surface area (Å²) in [5, 5.41) is 15.4. The quantitative estimate of drug-likeness (QED) is 0.604. The van der Waals surface area contributed by atoms with E-state index in [0.29, 0.717) is 15.8 Å². The van der Waals surface area contributed by atoms with E-state index in [-0.39, 0.29) is 0 Å². The van der Waals surface area contributed by atoms with Crippen LogP contribution in [0.25, 0.3) is 0 Å². The Kier molecular flexibility index (Phi) is 6.10. The van der Waals surface area contributed by atoms with Gasteiger partial charge in [-0.25, -0.2) is 4.68 Å². The van der Waals surface area contributed by atoms with Crippen LogP contribution in [0.4, 0.5) is 0 Å². The van der Waals surface area contributed by atoms with E-state index in [1.165, 1.54) is 0 Å². The summed E-state index contributed by atoms with van der Waals surface area (Å²) in [7, 11) is 3.43. The van der Waals surface area contributed by atoms with Crippen LogP contribution in [0.15, 0.2) is 17.3 Å². The van der Waals surface area contributed by atoms with Crippen molar-refractivity contribution in [1.82, 2.24) is 20.2 Å². The number of nitrogens with two attached hydrogens (primary N) is 1. The minimum absolute atomic E-state index is 0.535. The van der Waals surface area contributed by atoms with Crippen molar-refractivity contribution in [2.45, 2.75) is 11.7 Å². The molecule has 0 spiro atoms. The second kappa shape index (κ2) is 7.84. The van der Waals surface area contributed by atoms with E-state index in [1.54, 1.807) is 29.6 Å². The van der Waals surface area contributed by atoms with Crippen LogP contribution in [0.5, 0.6) is 5.75 Å². The molecule has 2 N–H and O–H groups in total. The van der Waals surface area contributed by atoms with E-state index in [4.69, 9.17) is 27.9 Å². The maximum Gasteiger partial charge on any atom is 0.209 e. The van der Waals surface area contributed by atoms with Gasteiger partial charge in [0.15, 0.2) is 0 Å². The van der Waals surface area contributed by atoms with Gasteiger partial charge in [0.1, 0.15) is 12.3 Å². The first kappa shape index (κ1) is 16.4. The normalized spacial score (nSPS) is 10.9. The van der Waals surface area contributed by atoms with Crippen LogP contribution < -0.4 is 10.1 Å². The van der Waals surface area contributed by atoms with E-state index in [2.05, 4.69) is 20.8 Å². The number of ether oxygens (including phenoxy) is 1. The van der Waals surface area contributed by atoms with Crippen molar-refractivity contribution < 1.29 is 10.1 Å². The summed E-state index contributed by atoms with van der Waals surface area (Å²) < 4.78 is 6.97. The molecule has 2 aromatic rings. The standard InChI is InChI=1S/C12H15Cl2N5OS/c1-19-12(16-17-18-19)21-4-3-15-7-8-5-9(13)6-10(14)11(8)20-2/h5-6,15H,3-4,7H2,1-2H3/p+1. The largest absolute Gasteiger partial charge is 0.495 e. The van der Waals surface area contributed by atoms with Crippen LogP contribution in [0.2, 0.25) is 10.0 Å². The maximum absolute atomic E-state index is 6.11. The highest BCUT2D eigenvalue weighted by Crippen LogP contribution is 2.31. The van der Waals surface area contributed by atoms with Gasteiger partial charge < -0.3 is 10.1 Å². The number of halogens is 2. The monoisotopic (exact) mass is 348 g/mol.